The summed E-state index contributed by atoms with van der Waals surface area (Å²) in [4.78, 5) is 15.3. The summed E-state index contributed by atoms with van der Waals surface area (Å²) in [5.74, 6) is 5.12. The van der Waals surface area contributed by atoms with Crippen LogP contribution in [0.4, 0.5) is 0 Å². The molecule has 1 saturated carbocycles. The number of fused-ring (bicyclic) bond motifs is 9. The van der Waals surface area contributed by atoms with E-state index in [2.05, 4.69) is 166 Å². The zero-order valence-corrected chi connectivity index (χ0v) is 34.4. The Balaban J connectivity index is 0.939. The predicted octanol–water partition coefficient (Wildman–Crippen LogP) is 13.9. The Kier molecular flexibility index (Phi) is 8.99. The van der Waals surface area contributed by atoms with Crippen molar-refractivity contribution in [2.24, 2.45) is 11.8 Å². The van der Waals surface area contributed by atoms with Gasteiger partial charge in [0.15, 0.2) is 17.5 Å². The van der Waals surface area contributed by atoms with Crippen LogP contribution in [-0.2, 0) is 10.8 Å². The quantitative estimate of drug-likeness (QED) is 0.158. The second-order valence-corrected chi connectivity index (χ2v) is 17.6. The van der Waals surface area contributed by atoms with Crippen molar-refractivity contribution in [1.29, 1.82) is 0 Å². The lowest BCUT2D eigenvalue weighted by molar-refractivity contribution is 0.333. The molecule has 11 rings (SSSR count). The molecule has 60 heavy (non-hydrogen) atoms. The molecule has 4 atom stereocenters. The summed E-state index contributed by atoms with van der Waals surface area (Å²) in [6.45, 7) is 4.82. The van der Waals surface area contributed by atoms with Gasteiger partial charge in [0.25, 0.3) is 0 Å². The fourth-order valence-electron chi connectivity index (χ4n) is 11.2. The number of nitrogens with zero attached hydrogens (tertiary/aromatic N) is 3. The molecule has 4 aliphatic rings. The lowest BCUT2D eigenvalue weighted by atomic mass is 9.61. The molecule has 4 nitrogen and oxygen atoms in total. The van der Waals surface area contributed by atoms with Gasteiger partial charge in [-0.2, -0.15) is 0 Å². The summed E-state index contributed by atoms with van der Waals surface area (Å²) in [6.07, 6.45) is 15.0. The van der Waals surface area contributed by atoms with E-state index in [0.717, 1.165) is 34.1 Å². The van der Waals surface area contributed by atoms with Crippen molar-refractivity contribution in [2.45, 2.75) is 69.1 Å². The zero-order valence-electron chi connectivity index (χ0n) is 34.4. The molecule has 0 radical (unpaired) electrons. The van der Waals surface area contributed by atoms with E-state index in [0.29, 0.717) is 17.5 Å². The molecule has 1 aliphatic heterocycles. The average molecular weight is 780 g/mol. The van der Waals surface area contributed by atoms with Crippen LogP contribution in [0.2, 0.25) is 0 Å². The summed E-state index contributed by atoms with van der Waals surface area (Å²) in [6, 6.07) is 54.4. The Bertz CT molecular complexity index is 2740. The molecule has 1 aromatic heterocycles. The first-order valence-corrected chi connectivity index (χ1v) is 21.9. The molecule has 6 aromatic carbocycles. The average Bonchev–Trinajstić information content (AvgIpc) is 3.44. The number of para-hydroxylation sites is 2. The Morgan fingerprint density at radius 1 is 0.583 bits per heavy atom. The molecule has 3 aliphatic carbocycles. The van der Waals surface area contributed by atoms with Crippen molar-refractivity contribution in [3.63, 3.8) is 0 Å². The van der Waals surface area contributed by atoms with Crippen LogP contribution in [0.25, 0.3) is 39.7 Å². The van der Waals surface area contributed by atoms with Crippen molar-refractivity contribution in [3.05, 3.63) is 203 Å². The Morgan fingerprint density at radius 3 is 1.78 bits per heavy atom. The van der Waals surface area contributed by atoms with Crippen molar-refractivity contribution in [2.75, 3.05) is 0 Å². The van der Waals surface area contributed by atoms with Gasteiger partial charge in [-0.15, -0.1) is 0 Å². The minimum atomic E-state index is -0.354. The molecule has 1 fully saturated rings. The van der Waals surface area contributed by atoms with E-state index in [1.54, 1.807) is 0 Å². The van der Waals surface area contributed by atoms with E-state index in [-0.39, 0.29) is 22.7 Å². The smallest absolute Gasteiger partial charge is 0.164 e. The normalized spacial score (nSPS) is 22.1. The summed E-state index contributed by atoms with van der Waals surface area (Å²) in [5.41, 5.74) is 11.8. The minimum Gasteiger partial charge on any atom is -0.457 e. The molecule has 0 saturated heterocycles. The molecular weight excluding hydrogens is 731 g/mol. The number of ether oxygens (including phenoxy) is 1. The van der Waals surface area contributed by atoms with Crippen LogP contribution in [0.1, 0.15) is 91.7 Å². The van der Waals surface area contributed by atoms with E-state index < -0.39 is 0 Å². The van der Waals surface area contributed by atoms with Crippen molar-refractivity contribution in [3.8, 4) is 45.7 Å². The second-order valence-electron chi connectivity index (χ2n) is 17.6. The molecule has 294 valence electrons. The standard InChI is InChI=1S/C56H49N3O/c1-3-37-15-13-14-34-55(2,36-37)43-31-28-41(29-32-43)54-58-52(39-16-5-4-6-17-39)57-53(59-54)40-26-24-38(25-27-40)42-30-33-47-45(35-42)44-18-7-8-19-46(44)56(47)48-20-9-11-22-50(48)60-51-23-12-10-21-49(51)56/h4-12,16-33,35,37,45,47H,3,13-15,34,36H2,1-2H3/t37-,45?,47?,55?/m0/s1. The largest absolute Gasteiger partial charge is 0.457 e. The fraction of sp³-hybridized carbons (Fsp3) is 0.232. The number of rotatable bonds is 6. The molecule has 4 heteroatoms. The van der Waals surface area contributed by atoms with E-state index in [9.17, 15) is 0 Å². The highest BCUT2D eigenvalue weighted by molar-refractivity contribution is 5.80. The highest BCUT2D eigenvalue weighted by Gasteiger charge is 2.56. The highest BCUT2D eigenvalue weighted by atomic mass is 16.5. The molecular formula is C56H49N3O. The fourth-order valence-corrected chi connectivity index (χ4v) is 11.2. The maximum Gasteiger partial charge on any atom is 0.164 e. The Labute approximate surface area is 353 Å². The maximum atomic E-state index is 6.55. The van der Waals surface area contributed by atoms with Gasteiger partial charge in [0.05, 0.1) is 5.41 Å². The van der Waals surface area contributed by atoms with Crippen LogP contribution in [-0.4, -0.2) is 15.0 Å². The van der Waals surface area contributed by atoms with E-state index in [4.69, 9.17) is 19.7 Å². The first-order valence-electron chi connectivity index (χ1n) is 21.9. The van der Waals surface area contributed by atoms with Gasteiger partial charge in [-0.3, -0.25) is 0 Å². The summed E-state index contributed by atoms with van der Waals surface area (Å²) < 4.78 is 6.55. The van der Waals surface area contributed by atoms with Gasteiger partial charge in [0, 0.05) is 39.7 Å². The molecule has 1 spiro atoms. The first-order chi connectivity index (χ1) is 29.5. The van der Waals surface area contributed by atoms with E-state index in [1.807, 2.05) is 18.2 Å². The van der Waals surface area contributed by atoms with E-state index in [1.165, 1.54) is 77.5 Å². The lowest BCUT2D eigenvalue weighted by Gasteiger charge is -2.43. The summed E-state index contributed by atoms with van der Waals surface area (Å²) in [5, 5.41) is 0. The van der Waals surface area contributed by atoms with Crippen LogP contribution in [0, 0.1) is 11.8 Å². The molecule has 2 heterocycles. The number of allylic oxidation sites excluding steroid dienone is 4. The third-order valence-corrected chi connectivity index (χ3v) is 14.2. The van der Waals surface area contributed by atoms with Crippen LogP contribution >= 0.6 is 0 Å². The van der Waals surface area contributed by atoms with E-state index >= 15 is 0 Å². The number of benzene rings is 6. The van der Waals surface area contributed by atoms with Crippen molar-refractivity contribution in [1.82, 2.24) is 15.0 Å². The third kappa shape index (κ3) is 5.99. The maximum absolute atomic E-state index is 6.55. The molecule has 0 bridgehead atoms. The van der Waals surface area contributed by atoms with Crippen molar-refractivity contribution >= 4 is 5.57 Å². The number of hydrogen-bond acceptors (Lipinski definition) is 4. The zero-order chi connectivity index (χ0) is 40.3. The van der Waals surface area contributed by atoms with Crippen LogP contribution in [0.3, 0.4) is 0 Å². The second kappa shape index (κ2) is 14.7. The molecule has 3 unspecified atom stereocenters. The van der Waals surface area contributed by atoms with Gasteiger partial charge in [-0.1, -0.05) is 197 Å². The summed E-state index contributed by atoms with van der Waals surface area (Å²) in [7, 11) is 0. The van der Waals surface area contributed by atoms with Gasteiger partial charge in [-0.25, -0.2) is 15.0 Å². The van der Waals surface area contributed by atoms with Gasteiger partial charge < -0.3 is 4.74 Å². The lowest BCUT2D eigenvalue weighted by Crippen LogP contribution is -2.37. The molecule has 0 N–H and O–H groups in total. The Hall–Kier alpha value is -6.39. The van der Waals surface area contributed by atoms with Crippen molar-refractivity contribution < 1.29 is 4.74 Å². The third-order valence-electron chi connectivity index (χ3n) is 14.2. The van der Waals surface area contributed by atoms with Crippen LogP contribution < -0.4 is 4.74 Å². The number of hydrogen-bond donors (Lipinski definition) is 0. The highest BCUT2D eigenvalue weighted by Crippen LogP contribution is 2.65. The van der Waals surface area contributed by atoms with Gasteiger partial charge >= 0.3 is 0 Å². The summed E-state index contributed by atoms with van der Waals surface area (Å²) >= 11 is 0. The molecule has 7 aromatic rings. The molecule has 0 amide bonds. The van der Waals surface area contributed by atoms with Gasteiger partial charge in [-0.05, 0) is 64.1 Å². The number of aromatic nitrogens is 3. The predicted molar refractivity (Wildman–Crippen MR) is 243 cm³/mol. The SMILES string of the molecule is CC[C@H]1CCCCC(C)(c2ccc(-c3nc(-c4ccccc4)nc(-c4ccc(C5=CC6c7ccccc7C7(c8ccccc8Oc8ccccc87)C6C=C5)cc4)n3)cc2)C1. The van der Waals surface area contributed by atoms with Gasteiger partial charge in [0.2, 0.25) is 0 Å². The van der Waals surface area contributed by atoms with Crippen LogP contribution in [0.5, 0.6) is 11.5 Å². The first kappa shape index (κ1) is 36.7. The van der Waals surface area contributed by atoms with Crippen LogP contribution in [0.15, 0.2) is 170 Å². The topological polar surface area (TPSA) is 47.9 Å². The van der Waals surface area contributed by atoms with Gasteiger partial charge in [0.1, 0.15) is 11.5 Å². The Morgan fingerprint density at radius 2 is 1.13 bits per heavy atom. The minimum absolute atomic E-state index is 0.196. The monoisotopic (exact) mass is 779 g/mol.